The predicted molar refractivity (Wildman–Crippen MR) is 124 cm³/mol. The molecule has 0 saturated carbocycles. The molecule has 2 aromatic carbocycles. The van der Waals surface area contributed by atoms with Crippen molar-refractivity contribution in [2.75, 3.05) is 7.11 Å². The summed E-state index contributed by atoms with van der Waals surface area (Å²) in [4.78, 5) is 31.2. The van der Waals surface area contributed by atoms with Gasteiger partial charge >= 0.3 is 5.97 Å². The zero-order chi connectivity index (χ0) is 22.6. The van der Waals surface area contributed by atoms with Crippen molar-refractivity contribution in [2.45, 2.75) is 0 Å². The lowest BCUT2D eigenvalue weighted by Gasteiger charge is -2.10. The fourth-order valence-corrected chi connectivity index (χ4v) is 3.35. The summed E-state index contributed by atoms with van der Waals surface area (Å²) in [5, 5.41) is 0. The molecule has 0 saturated heterocycles. The van der Waals surface area contributed by atoms with Crippen LogP contribution in [0.5, 0.6) is 11.5 Å². The number of aromatic nitrogens is 4. The summed E-state index contributed by atoms with van der Waals surface area (Å²) in [7, 11) is 1.58. The van der Waals surface area contributed by atoms with E-state index in [0.717, 1.165) is 0 Å². The molecule has 160 valence electrons. The van der Waals surface area contributed by atoms with Crippen molar-refractivity contribution in [3.8, 4) is 34.3 Å². The highest BCUT2D eigenvalue weighted by atomic mass is 16.5. The Balaban J connectivity index is 1.55. The molecule has 0 spiro atoms. The monoisotopic (exact) mass is 434 g/mol. The molecule has 0 radical (unpaired) electrons. The molecule has 0 aliphatic heterocycles. The van der Waals surface area contributed by atoms with Gasteiger partial charge in [0.25, 0.3) is 0 Å². The molecule has 3 aromatic heterocycles. The first kappa shape index (κ1) is 20.3. The van der Waals surface area contributed by atoms with Gasteiger partial charge in [0.2, 0.25) is 0 Å². The van der Waals surface area contributed by atoms with Crippen LogP contribution < -0.4 is 9.47 Å². The zero-order valence-corrected chi connectivity index (χ0v) is 17.7. The molecule has 0 aliphatic rings. The number of carbonyl (C=O) groups excluding carboxylic acids is 1. The first-order valence-corrected chi connectivity index (χ1v) is 10.2. The molecule has 0 bridgehead atoms. The summed E-state index contributed by atoms with van der Waals surface area (Å²) < 4.78 is 10.6. The van der Waals surface area contributed by atoms with Gasteiger partial charge in [0.15, 0.2) is 0 Å². The number of hydrogen-bond donors (Lipinski definition) is 0. The van der Waals surface area contributed by atoms with Gasteiger partial charge in [0.1, 0.15) is 22.9 Å². The summed E-state index contributed by atoms with van der Waals surface area (Å²) in [6, 6.07) is 23.1. The Hall–Kier alpha value is -4.65. The number of ether oxygens (including phenoxy) is 2. The number of rotatable bonds is 5. The molecule has 5 aromatic rings. The van der Waals surface area contributed by atoms with Crippen LogP contribution in [-0.2, 0) is 0 Å². The van der Waals surface area contributed by atoms with Gasteiger partial charge in [-0.25, -0.2) is 14.8 Å². The third-order valence-electron chi connectivity index (χ3n) is 4.98. The molecule has 0 fully saturated rings. The maximum atomic E-state index is 12.7. The molecule has 0 amide bonds. The highest BCUT2D eigenvalue weighted by molar-refractivity contribution is 5.95. The highest BCUT2D eigenvalue weighted by Gasteiger charge is 2.17. The normalized spacial score (nSPS) is 10.7. The predicted octanol–water partition coefficient (Wildman–Crippen LogP) is 4.98. The third-order valence-corrected chi connectivity index (χ3v) is 4.98. The Morgan fingerprint density at radius 2 is 1.30 bits per heavy atom. The van der Waals surface area contributed by atoms with Crippen LogP contribution in [0, 0.1) is 0 Å². The van der Waals surface area contributed by atoms with Crippen LogP contribution in [0.25, 0.3) is 33.8 Å². The Kier molecular flexibility index (Phi) is 5.43. The van der Waals surface area contributed by atoms with Gasteiger partial charge in [0.05, 0.1) is 35.1 Å². The number of carbonyl (C=O) groups is 1. The molecule has 0 N–H and O–H groups in total. The fraction of sp³-hybridized carbons (Fsp3) is 0.0385. The van der Waals surface area contributed by atoms with Gasteiger partial charge < -0.3 is 9.47 Å². The molecule has 0 unspecified atom stereocenters. The number of benzene rings is 2. The Labute approximate surface area is 189 Å². The van der Waals surface area contributed by atoms with Gasteiger partial charge in [-0.05, 0) is 66.7 Å². The van der Waals surface area contributed by atoms with Gasteiger partial charge in [-0.1, -0.05) is 12.1 Å². The van der Waals surface area contributed by atoms with Gasteiger partial charge in [-0.15, -0.1) is 0 Å². The summed E-state index contributed by atoms with van der Waals surface area (Å²) in [5.74, 6) is 0.616. The molecule has 0 aliphatic carbocycles. The van der Waals surface area contributed by atoms with Gasteiger partial charge in [-0.2, -0.15) is 0 Å². The van der Waals surface area contributed by atoms with Crippen LogP contribution in [0.3, 0.4) is 0 Å². The van der Waals surface area contributed by atoms with Crippen LogP contribution in [0.2, 0.25) is 0 Å². The number of esters is 1. The van der Waals surface area contributed by atoms with E-state index in [9.17, 15) is 4.79 Å². The maximum Gasteiger partial charge on any atom is 0.343 e. The van der Waals surface area contributed by atoms with E-state index in [2.05, 4.69) is 9.97 Å². The largest absolute Gasteiger partial charge is 0.497 e. The lowest BCUT2D eigenvalue weighted by Crippen LogP contribution is -2.09. The van der Waals surface area contributed by atoms with Crippen LogP contribution >= 0.6 is 0 Å². The minimum Gasteiger partial charge on any atom is -0.497 e. The first-order valence-electron chi connectivity index (χ1n) is 10.2. The Bertz CT molecular complexity index is 1420. The van der Waals surface area contributed by atoms with E-state index < -0.39 is 5.97 Å². The van der Waals surface area contributed by atoms with Crippen molar-refractivity contribution in [3.05, 3.63) is 96.8 Å². The third kappa shape index (κ3) is 4.24. The first-order chi connectivity index (χ1) is 16.2. The van der Waals surface area contributed by atoms with E-state index in [0.29, 0.717) is 50.9 Å². The number of methoxy groups -OCH3 is 1. The molecular formula is C26H18N4O3. The summed E-state index contributed by atoms with van der Waals surface area (Å²) >= 11 is 0. The van der Waals surface area contributed by atoms with E-state index in [-0.39, 0.29) is 0 Å². The van der Waals surface area contributed by atoms with Crippen molar-refractivity contribution in [3.63, 3.8) is 0 Å². The lowest BCUT2D eigenvalue weighted by molar-refractivity contribution is 0.0735. The summed E-state index contributed by atoms with van der Waals surface area (Å²) in [5.41, 5.74) is 4.12. The van der Waals surface area contributed by atoms with Crippen molar-refractivity contribution in [2.24, 2.45) is 0 Å². The summed E-state index contributed by atoms with van der Waals surface area (Å²) in [6.07, 6.45) is 3.41. The second-order valence-corrected chi connectivity index (χ2v) is 7.12. The number of nitrogens with zero attached hydrogens (tertiary/aromatic N) is 4. The van der Waals surface area contributed by atoms with Crippen molar-refractivity contribution in [1.29, 1.82) is 0 Å². The van der Waals surface area contributed by atoms with Gasteiger partial charge in [-0.3, -0.25) is 9.97 Å². The van der Waals surface area contributed by atoms with Crippen molar-refractivity contribution < 1.29 is 14.3 Å². The SMILES string of the molecule is COc1ccc(OC(=O)c2ccc3nc(-c4ccccn4)c(-c4ccccn4)nc3c2)cc1. The van der Waals surface area contributed by atoms with Crippen molar-refractivity contribution in [1.82, 2.24) is 19.9 Å². The molecule has 7 heteroatoms. The average Bonchev–Trinajstić information content (AvgIpc) is 2.89. The fourth-order valence-electron chi connectivity index (χ4n) is 3.35. The Morgan fingerprint density at radius 1 is 0.697 bits per heavy atom. The van der Waals surface area contributed by atoms with E-state index in [4.69, 9.17) is 19.4 Å². The van der Waals surface area contributed by atoms with E-state index in [1.165, 1.54) is 0 Å². The molecule has 0 atom stereocenters. The van der Waals surface area contributed by atoms with E-state index in [1.807, 2.05) is 36.4 Å². The van der Waals surface area contributed by atoms with Crippen LogP contribution in [0.4, 0.5) is 0 Å². The second kappa shape index (κ2) is 8.84. The quantitative estimate of drug-likeness (QED) is 0.285. The second-order valence-electron chi connectivity index (χ2n) is 7.12. The van der Waals surface area contributed by atoms with Crippen LogP contribution in [0.15, 0.2) is 91.3 Å². The average molecular weight is 434 g/mol. The Morgan fingerprint density at radius 3 is 1.88 bits per heavy atom. The smallest absolute Gasteiger partial charge is 0.343 e. The number of pyridine rings is 2. The molecule has 3 heterocycles. The number of hydrogen-bond acceptors (Lipinski definition) is 7. The van der Waals surface area contributed by atoms with Gasteiger partial charge in [0, 0.05) is 12.4 Å². The topological polar surface area (TPSA) is 87.1 Å². The van der Waals surface area contributed by atoms with E-state index >= 15 is 0 Å². The molecule has 5 rings (SSSR count). The van der Waals surface area contributed by atoms with Crippen LogP contribution in [-0.4, -0.2) is 33.0 Å². The zero-order valence-electron chi connectivity index (χ0n) is 17.7. The minimum absolute atomic E-state index is 0.366. The number of fused-ring (bicyclic) bond motifs is 1. The standard InChI is InChI=1S/C26H18N4O3/c1-32-18-9-11-19(12-10-18)33-26(31)17-8-13-20-23(16-17)30-25(22-7-3-5-15-28-22)24(29-20)21-6-2-4-14-27-21/h2-16H,1H3. The minimum atomic E-state index is -0.489. The summed E-state index contributed by atoms with van der Waals surface area (Å²) in [6.45, 7) is 0. The molecule has 33 heavy (non-hydrogen) atoms. The molecular weight excluding hydrogens is 416 g/mol. The van der Waals surface area contributed by atoms with Crippen LogP contribution in [0.1, 0.15) is 10.4 Å². The molecule has 7 nitrogen and oxygen atoms in total. The lowest BCUT2D eigenvalue weighted by atomic mass is 10.1. The van der Waals surface area contributed by atoms with Crippen molar-refractivity contribution >= 4 is 17.0 Å². The maximum absolute atomic E-state index is 12.7. The van der Waals surface area contributed by atoms with E-state index in [1.54, 1.807) is 62.0 Å². The highest BCUT2D eigenvalue weighted by Crippen LogP contribution is 2.29.